The Hall–Kier alpha value is -1.90. The van der Waals surface area contributed by atoms with Gasteiger partial charge in [-0.05, 0) is 19.1 Å². The Morgan fingerprint density at radius 2 is 1.87 bits per heavy atom. The second kappa shape index (κ2) is 8.09. The summed E-state index contributed by atoms with van der Waals surface area (Å²) in [6, 6.07) is 2.75. The summed E-state index contributed by atoms with van der Waals surface area (Å²) in [4.78, 5) is 40.0. The Labute approximate surface area is 144 Å². The van der Waals surface area contributed by atoms with Gasteiger partial charge in [-0.3, -0.25) is 18.7 Å². The van der Waals surface area contributed by atoms with Gasteiger partial charge in [0.1, 0.15) is 11.3 Å². The van der Waals surface area contributed by atoms with E-state index in [-0.39, 0.29) is 47.6 Å². The number of aromatic nitrogens is 3. The van der Waals surface area contributed by atoms with Gasteiger partial charge in [0.2, 0.25) is 0 Å². The zero-order valence-corrected chi connectivity index (χ0v) is 14.5. The van der Waals surface area contributed by atoms with Crippen LogP contribution in [0.3, 0.4) is 0 Å². The minimum absolute atomic E-state index is 0. The van der Waals surface area contributed by atoms with Gasteiger partial charge >= 0.3 is 5.69 Å². The second-order valence-electron chi connectivity index (χ2n) is 4.88. The van der Waals surface area contributed by atoms with Crippen molar-refractivity contribution in [1.29, 1.82) is 0 Å². The quantitative estimate of drug-likeness (QED) is 0.766. The Kier molecular flexibility index (Phi) is 7.42. The van der Waals surface area contributed by atoms with E-state index in [0.29, 0.717) is 6.54 Å². The van der Waals surface area contributed by atoms with Crippen LogP contribution in [0.5, 0.6) is 0 Å². The van der Waals surface area contributed by atoms with Crippen LogP contribution in [0.1, 0.15) is 17.4 Å². The number of aryl methyl sites for hydroxylation is 1. The SMILES string of the molecule is C[C@@H](CN)NC(=O)c1ccc2c(=O)n(C)c(=O)n(C)c2n1.Cl.Cl. The molecule has 2 aromatic rings. The van der Waals surface area contributed by atoms with Crippen molar-refractivity contribution in [2.45, 2.75) is 13.0 Å². The number of carbonyl (C=O) groups is 1. The molecule has 0 bridgehead atoms. The van der Waals surface area contributed by atoms with E-state index in [4.69, 9.17) is 5.73 Å². The molecule has 0 saturated carbocycles. The van der Waals surface area contributed by atoms with Crippen LogP contribution in [-0.4, -0.2) is 32.6 Å². The summed E-state index contributed by atoms with van der Waals surface area (Å²) in [5.41, 5.74) is 4.82. The van der Waals surface area contributed by atoms with Gasteiger partial charge in [0, 0.05) is 26.7 Å². The van der Waals surface area contributed by atoms with Gasteiger partial charge in [-0.2, -0.15) is 0 Å². The van der Waals surface area contributed by atoms with Crippen LogP contribution in [0, 0.1) is 0 Å². The molecule has 0 aliphatic carbocycles. The number of carbonyl (C=O) groups excluding carboxylic acids is 1. The molecule has 3 N–H and O–H groups in total. The highest BCUT2D eigenvalue weighted by Gasteiger charge is 2.14. The molecule has 8 nitrogen and oxygen atoms in total. The molecule has 0 aliphatic heterocycles. The molecule has 0 aliphatic rings. The fourth-order valence-corrected chi connectivity index (χ4v) is 1.94. The molecule has 2 aromatic heterocycles. The van der Waals surface area contributed by atoms with E-state index < -0.39 is 17.2 Å². The number of fused-ring (bicyclic) bond motifs is 1. The Bertz CT molecular complexity index is 831. The Morgan fingerprint density at radius 1 is 1.26 bits per heavy atom. The lowest BCUT2D eigenvalue weighted by atomic mass is 10.2. The summed E-state index contributed by atoms with van der Waals surface area (Å²) in [5.74, 6) is -0.400. The number of rotatable bonds is 3. The number of halogens is 2. The lowest BCUT2D eigenvalue weighted by molar-refractivity contribution is 0.0936. The normalized spacial score (nSPS) is 11.3. The van der Waals surface area contributed by atoms with Crippen molar-refractivity contribution in [2.24, 2.45) is 19.8 Å². The highest BCUT2D eigenvalue weighted by Crippen LogP contribution is 2.06. The molecule has 1 atom stereocenters. The fourth-order valence-electron chi connectivity index (χ4n) is 1.94. The van der Waals surface area contributed by atoms with E-state index in [1.165, 1.54) is 30.8 Å². The third kappa shape index (κ3) is 3.90. The van der Waals surface area contributed by atoms with E-state index in [0.717, 1.165) is 4.57 Å². The maximum Gasteiger partial charge on any atom is 0.332 e. The van der Waals surface area contributed by atoms with Crippen LogP contribution in [0.15, 0.2) is 21.7 Å². The fraction of sp³-hybridized carbons (Fsp3) is 0.385. The number of nitrogens with zero attached hydrogens (tertiary/aromatic N) is 3. The van der Waals surface area contributed by atoms with Crippen molar-refractivity contribution in [1.82, 2.24) is 19.4 Å². The van der Waals surface area contributed by atoms with Crippen LogP contribution in [0.4, 0.5) is 0 Å². The minimum Gasteiger partial charge on any atom is -0.347 e. The van der Waals surface area contributed by atoms with Crippen LogP contribution in [0.2, 0.25) is 0 Å². The van der Waals surface area contributed by atoms with Gasteiger partial charge in [0.15, 0.2) is 0 Å². The molecule has 2 rings (SSSR count). The molecule has 0 radical (unpaired) electrons. The highest BCUT2D eigenvalue weighted by molar-refractivity contribution is 5.94. The molecule has 10 heteroatoms. The van der Waals surface area contributed by atoms with Gasteiger partial charge < -0.3 is 11.1 Å². The van der Waals surface area contributed by atoms with Gasteiger partial charge in [0.25, 0.3) is 11.5 Å². The lowest BCUT2D eigenvalue weighted by Crippen LogP contribution is -2.39. The van der Waals surface area contributed by atoms with Crippen molar-refractivity contribution in [3.63, 3.8) is 0 Å². The molecule has 0 unspecified atom stereocenters. The van der Waals surface area contributed by atoms with Crippen molar-refractivity contribution >= 4 is 41.8 Å². The summed E-state index contributed by atoms with van der Waals surface area (Å²) in [6.45, 7) is 2.07. The Morgan fingerprint density at radius 3 is 2.43 bits per heavy atom. The summed E-state index contributed by atoms with van der Waals surface area (Å²) >= 11 is 0. The molecular formula is C13H19Cl2N5O3. The first-order chi connectivity index (χ1) is 9.86. The number of nitrogens with one attached hydrogen (secondary N) is 1. The van der Waals surface area contributed by atoms with E-state index in [9.17, 15) is 14.4 Å². The van der Waals surface area contributed by atoms with Crippen LogP contribution in [-0.2, 0) is 14.1 Å². The maximum atomic E-state index is 12.0. The topological polar surface area (TPSA) is 112 Å². The third-order valence-electron chi connectivity index (χ3n) is 3.27. The first-order valence-corrected chi connectivity index (χ1v) is 6.44. The zero-order valence-electron chi connectivity index (χ0n) is 12.9. The number of nitrogens with two attached hydrogens (primary N) is 1. The van der Waals surface area contributed by atoms with Crippen molar-refractivity contribution < 1.29 is 4.79 Å². The average molecular weight is 364 g/mol. The molecule has 0 aromatic carbocycles. The molecule has 23 heavy (non-hydrogen) atoms. The molecular weight excluding hydrogens is 345 g/mol. The van der Waals surface area contributed by atoms with E-state index in [1.54, 1.807) is 6.92 Å². The standard InChI is InChI=1S/C13H17N5O3.2ClH/c1-7(6-14)15-11(19)9-5-4-8-10(16-9)17(2)13(21)18(3)12(8)20;;/h4-5,7H,6,14H2,1-3H3,(H,15,19);2*1H/t7-;;/m0../s1. The first kappa shape index (κ1) is 21.1. The molecule has 0 fully saturated rings. The monoisotopic (exact) mass is 363 g/mol. The Balaban J connectivity index is 0.00000242. The van der Waals surface area contributed by atoms with E-state index in [2.05, 4.69) is 10.3 Å². The molecule has 0 saturated heterocycles. The van der Waals surface area contributed by atoms with E-state index >= 15 is 0 Å². The summed E-state index contributed by atoms with van der Waals surface area (Å²) < 4.78 is 2.24. The van der Waals surface area contributed by atoms with Crippen molar-refractivity contribution in [2.75, 3.05) is 6.54 Å². The highest BCUT2D eigenvalue weighted by atomic mass is 35.5. The molecule has 2 heterocycles. The molecule has 1 amide bonds. The smallest absolute Gasteiger partial charge is 0.332 e. The number of amides is 1. The largest absolute Gasteiger partial charge is 0.347 e. The van der Waals surface area contributed by atoms with Crippen LogP contribution < -0.4 is 22.3 Å². The summed E-state index contributed by atoms with van der Waals surface area (Å²) in [5, 5.41) is 2.95. The van der Waals surface area contributed by atoms with Gasteiger partial charge in [-0.25, -0.2) is 9.78 Å². The molecule has 0 spiro atoms. The van der Waals surface area contributed by atoms with Crippen molar-refractivity contribution in [3.8, 4) is 0 Å². The van der Waals surface area contributed by atoms with E-state index in [1.807, 2.05) is 0 Å². The average Bonchev–Trinajstić information content (AvgIpc) is 2.49. The lowest BCUT2D eigenvalue weighted by Gasteiger charge is -2.12. The minimum atomic E-state index is -0.493. The summed E-state index contributed by atoms with van der Waals surface area (Å²) in [6.07, 6.45) is 0. The van der Waals surface area contributed by atoms with Crippen LogP contribution in [0.25, 0.3) is 11.0 Å². The van der Waals surface area contributed by atoms with Gasteiger partial charge in [-0.15, -0.1) is 24.8 Å². The zero-order chi connectivity index (χ0) is 15.7. The number of hydrogen-bond acceptors (Lipinski definition) is 5. The first-order valence-electron chi connectivity index (χ1n) is 6.44. The maximum absolute atomic E-state index is 12.0. The van der Waals surface area contributed by atoms with Gasteiger partial charge in [-0.1, -0.05) is 0 Å². The third-order valence-corrected chi connectivity index (χ3v) is 3.27. The van der Waals surface area contributed by atoms with Gasteiger partial charge in [0.05, 0.1) is 5.39 Å². The second-order valence-corrected chi connectivity index (χ2v) is 4.88. The summed E-state index contributed by atoms with van der Waals surface area (Å²) in [7, 11) is 2.90. The van der Waals surface area contributed by atoms with Crippen molar-refractivity contribution in [3.05, 3.63) is 38.7 Å². The number of pyridine rings is 1. The number of hydrogen-bond donors (Lipinski definition) is 2. The predicted molar refractivity (Wildman–Crippen MR) is 92.7 cm³/mol. The van der Waals surface area contributed by atoms with Crippen LogP contribution >= 0.6 is 24.8 Å². The predicted octanol–water partition coefficient (Wildman–Crippen LogP) is -0.447. The molecule has 128 valence electrons.